The van der Waals surface area contributed by atoms with Crippen LogP contribution in [0.3, 0.4) is 0 Å². The molecular weight excluding hydrogens is 196 g/mol. The minimum Gasteiger partial charge on any atom is -0.480 e. The Hall–Kier alpha value is -1.10. The van der Waals surface area contributed by atoms with Gasteiger partial charge in [0.15, 0.2) is 0 Å². The third-order valence-corrected chi connectivity index (χ3v) is 2.11. The molecule has 0 rings (SSSR count). The molecule has 0 radical (unpaired) electrons. The second-order valence-electron chi connectivity index (χ2n) is 3.67. The van der Waals surface area contributed by atoms with Crippen LogP contribution >= 0.6 is 0 Å². The summed E-state index contributed by atoms with van der Waals surface area (Å²) >= 11 is 0. The summed E-state index contributed by atoms with van der Waals surface area (Å²) in [4.78, 5) is 23.3. The van der Waals surface area contributed by atoms with Gasteiger partial charge in [0, 0.05) is 19.0 Å². The molecule has 0 aliphatic heterocycles. The van der Waals surface area contributed by atoms with Crippen molar-refractivity contribution in [2.45, 2.75) is 39.2 Å². The predicted octanol–water partition coefficient (Wildman–Crippen LogP) is 0.437. The fourth-order valence-corrected chi connectivity index (χ4v) is 1.27. The van der Waals surface area contributed by atoms with Gasteiger partial charge in [-0.1, -0.05) is 0 Å². The SMILES string of the molecule is CCN(CC(=O)O)C(=O)CCCC(C)N. The van der Waals surface area contributed by atoms with E-state index < -0.39 is 5.97 Å². The predicted molar refractivity (Wildman–Crippen MR) is 57.4 cm³/mol. The number of rotatable bonds is 7. The molecule has 0 bridgehead atoms. The van der Waals surface area contributed by atoms with Gasteiger partial charge in [-0.25, -0.2) is 0 Å². The number of hydrogen-bond donors (Lipinski definition) is 2. The van der Waals surface area contributed by atoms with Crippen LogP contribution in [0.5, 0.6) is 0 Å². The summed E-state index contributed by atoms with van der Waals surface area (Å²) in [6.07, 6.45) is 1.88. The van der Waals surface area contributed by atoms with E-state index in [1.807, 2.05) is 6.92 Å². The van der Waals surface area contributed by atoms with Gasteiger partial charge in [0.05, 0.1) is 0 Å². The van der Waals surface area contributed by atoms with Crippen LogP contribution in [0, 0.1) is 0 Å². The molecule has 0 aliphatic rings. The number of hydrogen-bond acceptors (Lipinski definition) is 3. The lowest BCUT2D eigenvalue weighted by Gasteiger charge is -2.18. The fourth-order valence-electron chi connectivity index (χ4n) is 1.27. The molecule has 15 heavy (non-hydrogen) atoms. The normalized spacial score (nSPS) is 12.2. The van der Waals surface area contributed by atoms with Crippen molar-refractivity contribution in [2.24, 2.45) is 5.73 Å². The van der Waals surface area contributed by atoms with Gasteiger partial charge < -0.3 is 15.7 Å². The van der Waals surface area contributed by atoms with Gasteiger partial charge in [-0.2, -0.15) is 0 Å². The Morgan fingerprint density at radius 1 is 1.47 bits per heavy atom. The second-order valence-corrected chi connectivity index (χ2v) is 3.67. The van der Waals surface area contributed by atoms with Gasteiger partial charge in [0.25, 0.3) is 0 Å². The first kappa shape index (κ1) is 13.9. The van der Waals surface area contributed by atoms with Crippen LogP contribution in [0.1, 0.15) is 33.1 Å². The van der Waals surface area contributed by atoms with Crippen LogP contribution in [0.2, 0.25) is 0 Å². The topological polar surface area (TPSA) is 83.6 Å². The molecular formula is C10H20N2O3. The Kier molecular flexibility index (Phi) is 6.70. The fraction of sp³-hybridized carbons (Fsp3) is 0.800. The van der Waals surface area contributed by atoms with E-state index in [1.165, 1.54) is 4.90 Å². The molecule has 0 aliphatic carbocycles. The van der Waals surface area contributed by atoms with Crippen LogP contribution in [-0.4, -0.2) is 41.0 Å². The summed E-state index contributed by atoms with van der Waals surface area (Å²) in [5.74, 6) is -1.09. The zero-order valence-electron chi connectivity index (χ0n) is 9.40. The second kappa shape index (κ2) is 7.23. The number of carboxylic acid groups (broad SMARTS) is 1. The van der Waals surface area contributed by atoms with Crippen LogP contribution in [0.15, 0.2) is 0 Å². The molecule has 0 saturated carbocycles. The molecule has 0 heterocycles. The molecule has 5 nitrogen and oxygen atoms in total. The lowest BCUT2D eigenvalue weighted by Crippen LogP contribution is -2.35. The number of carboxylic acids is 1. The Bertz CT molecular complexity index is 217. The number of nitrogens with zero attached hydrogens (tertiary/aromatic N) is 1. The lowest BCUT2D eigenvalue weighted by atomic mass is 10.1. The smallest absolute Gasteiger partial charge is 0.323 e. The highest BCUT2D eigenvalue weighted by Gasteiger charge is 2.14. The monoisotopic (exact) mass is 216 g/mol. The molecule has 5 heteroatoms. The molecule has 1 unspecified atom stereocenters. The van der Waals surface area contributed by atoms with Crippen molar-refractivity contribution < 1.29 is 14.7 Å². The van der Waals surface area contributed by atoms with Crippen molar-refractivity contribution >= 4 is 11.9 Å². The molecule has 0 aromatic carbocycles. The number of amides is 1. The highest BCUT2D eigenvalue weighted by atomic mass is 16.4. The molecule has 1 amide bonds. The molecule has 0 aromatic heterocycles. The number of aliphatic carboxylic acids is 1. The molecule has 0 aromatic rings. The first-order chi connectivity index (χ1) is 6.97. The highest BCUT2D eigenvalue weighted by molar-refractivity contribution is 5.81. The van der Waals surface area contributed by atoms with E-state index in [0.29, 0.717) is 19.4 Å². The first-order valence-corrected chi connectivity index (χ1v) is 5.22. The van der Waals surface area contributed by atoms with E-state index in [9.17, 15) is 9.59 Å². The van der Waals surface area contributed by atoms with Crippen LogP contribution in [0.25, 0.3) is 0 Å². The number of nitrogens with two attached hydrogens (primary N) is 1. The van der Waals surface area contributed by atoms with Gasteiger partial charge in [-0.05, 0) is 26.7 Å². The van der Waals surface area contributed by atoms with Crippen molar-refractivity contribution in [3.8, 4) is 0 Å². The molecule has 1 atom stereocenters. The highest BCUT2D eigenvalue weighted by Crippen LogP contribution is 2.02. The van der Waals surface area contributed by atoms with E-state index in [2.05, 4.69) is 0 Å². The van der Waals surface area contributed by atoms with E-state index >= 15 is 0 Å². The number of carbonyl (C=O) groups excluding carboxylic acids is 1. The van der Waals surface area contributed by atoms with Gasteiger partial charge in [0.1, 0.15) is 6.54 Å². The van der Waals surface area contributed by atoms with Crippen molar-refractivity contribution in [1.82, 2.24) is 4.90 Å². The van der Waals surface area contributed by atoms with E-state index in [4.69, 9.17) is 10.8 Å². The quantitative estimate of drug-likeness (QED) is 0.646. The van der Waals surface area contributed by atoms with Crippen LogP contribution < -0.4 is 5.73 Å². The zero-order chi connectivity index (χ0) is 11.8. The average Bonchev–Trinajstić information content (AvgIpc) is 2.13. The molecule has 0 fully saturated rings. The van der Waals surface area contributed by atoms with E-state index in [1.54, 1.807) is 6.92 Å². The van der Waals surface area contributed by atoms with Crippen molar-refractivity contribution in [1.29, 1.82) is 0 Å². The third kappa shape index (κ3) is 6.90. The van der Waals surface area contributed by atoms with Crippen molar-refractivity contribution in [3.05, 3.63) is 0 Å². The summed E-state index contributed by atoms with van der Waals surface area (Å²) in [5.41, 5.74) is 5.55. The first-order valence-electron chi connectivity index (χ1n) is 5.22. The van der Waals surface area contributed by atoms with Crippen LogP contribution in [0.4, 0.5) is 0 Å². The van der Waals surface area contributed by atoms with Gasteiger partial charge in [0.2, 0.25) is 5.91 Å². The Labute approximate surface area is 90.2 Å². The van der Waals surface area contributed by atoms with Crippen LogP contribution in [-0.2, 0) is 9.59 Å². The largest absolute Gasteiger partial charge is 0.480 e. The summed E-state index contributed by atoms with van der Waals surface area (Å²) < 4.78 is 0. The van der Waals surface area contributed by atoms with Gasteiger partial charge >= 0.3 is 5.97 Å². The Balaban J connectivity index is 3.88. The van der Waals surface area contributed by atoms with E-state index in [-0.39, 0.29) is 18.5 Å². The number of likely N-dealkylation sites (N-methyl/N-ethyl adjacent to an activating group) is 1. The van der Waals surface area contributed by atoms with Gasteiger partial charge in [-0.3, -0.25) is 9.59 Å². The van der Waals surface area contributed by atoms with Gasteiger partial charge in [-0.15, -0.1) is 0 Å². The maximum Gasteiger partial charge on any atom is 0.323 e. The molecule has 3 N–H and O–H groups in total. The summed E-state index contributed by atoms with van der Waals surface area (Å²) in [5, 5.41) is 8.56. The number of carbonyl (C=O) groups is 2. The molecule has 0 saturated heterocycles. The summed E-state index contributed by atoms with van der Waals surface area (Å²) in [7, 11) is 0. The summed E-state index contributed by atoms with van der Waals surface area (Å²) in [6, 6.07) is 0.0901. The van der Waals surface area contributed by atoms with Crippen molar-refractivity contribution in [3.63, 3.8) is 0 Å². The lowest BCUT2D eigenvalue weighted by molar-refractivity contribution is -0.144. The zero-order valence-corrected chi connectivity index (χ0v) is 9.40. The minimum atomic E-state index is -0.975. The molecule has 88 valence electrons. The maximum absolute atomic E-state index is 11.5. The minimum absolute atomic E-state index is 0.0901. The Morgan fingerprint density at radius 3 is 2.47 bits per heavy atom. The maximum atomic E-state index is 11.5. The van der Waals surface area contributed by atoms with E-state index in [0.717, 1.165) is 6.42 Å². The standard InChI is InChI=1S/C10H20N2O3/c1-3-12(7-10(14)15)9(13)6-4-5-8(2)11/h8H,3-7,11H2,1-2H3,(H,14,15). The summed E-state index contributed by atoms with van der Waals surface area (Å²) in [6.45, 7) is 3.88. The van der Waals surface area contributed by atoms with Crippen molar-refractivity contribution in [2.75, 3.05) is 13.1 Å². The molecule has 0 spiro atoms. The Morgan fingerprint density at radius 2 is 2.07 bits per heavy atom. The average molecular weight is 216 g/mol. The third-order valence-electron chi connectivity index (χ3n) is 2.11.